The quantitative estimate of drug-likeness (QED) is 0.686. The summed E-state index contributed by atoms with van der Waals surface area (Å²) in [6.45, 7) is 9.66. The van der Waals surface area contributed by atoms with Gasteiger partial charge in [-0.15, -0.1) is 0 Å². The summed E-state index contributed by atoms with van der Waals surface area (Å²) in [5.74, 6) is 0. The van der Waals surface area contributed by atoms with E-state index in [1.54, 1.807) is 6.21 Å². The van der Waals surface area contributed by atoms with Crippen LogP contribution in [-0.4, -0.2) is 11.2 Å². The predicted molar refractivity (Wildman–Crippen MR) is 65.9 cm³/mol. The molecule has 15 heavy (non-hydrogen) atoms. The van der Waals surface area contributed by atoms with Crippen LogP contribution in [0.5, 0.6) is 0 Å². The van der Waals surface area contributed by atoms with Crippen molar-refractivity contribution >= 4 is 11.9 Å². The van der Waals surface area contributed by atoms with E-state index in [4.69, 9.17) is 0 Å². The second-order valence-electron chi connectivity index (χ2n) is 3.50. The highest BCUT2D eigenvalue weighted by Gasteiger charge is 1.98. The molecule has 78 valence electrons. The van der Waals surface area contributed by atoms with Crippen LogP contribution in [-0.2, 0) is 0 Å². The first-order valence-corrected chi connectivity index (χ1v) is 4.92. The van der Waals surface area contributed by atoms with Gasteiger partial charge in [0.25, 0.3) is 0 Å². The number of aromatic nitrogens is 1. The fraction of sp³-hybridized carbons (Fsp3) is 0.231. The molecule has 0 aliphatic rings. The fourth-order valence-corrected chi connectivity index (χ4v) is 1.09. The molecular weight excluding hydrogens is 184 g/mol. The van der Waals surface area contributed by atoms with E-state index in [-0.39, 0.29) is 0 Å². The van der Waals surface area contributed by atoms with Crippen molar-refractivity contribution in [1.82, 2.24) is 4.98 Å². The van der Waals surface area contributed by atoms with Gasteiger partial charge in [-0.1, -0.05) is 18.7 Å². The second-order valence-corrected chi connectivity index (χ2v) is 3.50. The maximum Gasteiger partial charge on any atom is 0.0882 e. The van der Waals surface area contributed by atoms with Crippen LogP contribution in [0.4, 0.5) is 0 Å². The largest absolute Gasteiger partial charge is 0.255 e. The maximum absolute atomic E-state index is 4.32. The van der Waals surface area contributed by atoms with Gasteiger partial charge in [-0.25, -0.2) is 0 Å². The summed E-state index contributed by atoms with van der Waals surface area (Å²) in [5, 5.41) is 0. The summed E-state index contributed by atoms with van der Waals surface area (Å²) in [6, 6.07) is 4.00. The number of hydrogen-bond donors (Lipinski definition) is 0. The summed E-state index contributed by atoms with van der Waals surface area (Å²) < 4.78 is 0. The number of allylic oxidation sites excluding steroid dienone is 2. The topological polar surface area (TPSA) is 25.2 Å². The smallest absolute Gasteiger partial charge is 0.0882 e. The minimum absolute atomic E-state index is 0.873. The van der Waals surface area contributed by atoms with Crippen molar-refractivity contribution in [2.24, 2.45) is 4.99 Å². The lowest BCUT2D eigenvalue weighted by atomic mass is 10.2. The third kappa shape index (κ3) is 3.50. The van der Waals surface area contributed by atoms with Crippen LogP contribution < -0.4 is 0 Å². The van der Waals surface area contributed by atoms with Gasteiger partial charge in [0.1, 0.15) is 0 Å². The average Bonchev–Trinajstić information content (AvgIpc) is 2.21. The van der Waals surface area contributed by atoms with Crippen LogP contribution in [0.1, 0.15) is 25.1 Å². The van der Waals surface area contributed by atoms with E-state index in [2.05, 4.69) is 16.6 Å². The van der Waals surface area contributed by atoms with Crippen LogP contribution in [0, 0.1) is 6.92 Å². The highest BCUT2D eigenvalue weighted by Crippen LogP contribution is 2.13. The molecule has 0 saturated heterocycles. The van der Waals surface area contributed by atoms with Gasteiger partial charge in [0.2, 0.25) is 0 Å². The van der Waals surface area contributed by atoms with Crippen molar-refractivity contribution in [3.05, 3.63) is 47.8 Å². The number of hydrogen-bond acceptors (Lipinski definition) is 2. The van der Waals surface area contributed by atoms with Gasteiger partial charge in [-0.3, -0.25) is 9.98 Å². The average molecular weight is 200 g/mol. The van der Waals surface area contributed by atoms with Gasteiger partial charge in [-0.2, -0.15) is 0 Å². The Kier molecular flexibility index (Phi) is 3.98. The third-order valence-corrected chi connectivity index (χ3v) is 1.87. The molecule has 0 aromatic carbocycles. The van der Waals surface area contributed by atoms with Crippen molar-refractivity contribution in [3.8, 4) is 0 Å². The van der Waals surface area contributed by atoms with E-state index >= 15 is 0 Å². The molecule has 0 amide bonds. The van der Waals surface area contributed by atoms with Crippen LogP contribution in [0.15, 0.2) is 41.6 Å². The SMILES string of the molecule is C=C(C)/C=N\C(=C/C)c1ccc(C)cn1. The Morgan fingerprint density at radius 3 is 2.67 bits per heavy atom. The van der Waals surface area contributed by atoms with Crippen LogP contribution in [0.3, 0.4) is 0 Å². The van der Waals surface area contributed by atoms with E-state index in [0.717, 1.165) is 22.5 Å². The number of aliphatic imine (C=N–C) groups is 1. The molecule has 1 rings (SSSR count). The van der Waals surface area contributed by atoms with E-state index in [0.29, 0.717) is 0 Å². The first-order chi connectivity index (χ1) is 7.13. The maximum atomic E-state index is 4.32. The molecule has 0 bridgehead atoms. The standard InChI is InChI=1S/C13H16N2/c1-5-12(14-8-10(2)3)13-7-6-11(4)9-15-13/h5-9H,2H2,1,3-4H3/b12-5-,14-8-. The highest BCUT2D eigenvalue weighted by molar-refractivity contribution is 5.82. The number of pyridine rings is 1. The third-order valence-electron chi connectivity index (χ3n) is 1.87. The Bertz CT molecular complexity index is 397. The first kappa shape index (κ1) is 11.4. The number of aryl methyl sites for hydroxylation is 1. The molecular formula is C13H16N2. The zero-order valence-electron chi connectivity index (χ0n) is 9.49. The van der Waals surface area contributed by atoms with Gasteiger partial charge in [0, 0.05) is 12.4 Å². The lowest BCUT2D eigenvalue weighted by Gasteiger charge is -2.00. The molecule has 0 atom stereocenters. The van der Waals surface area contributed by atoms with Gasteiger partial charge < -0.3 is 0 Å². The van der Waals surface area contributed by atoms with Crippen LogP contribution >= 0.6 is 0 Å². The summed E-state index contributed by atoms with van der Waals surface area (Å²) in [6.07, 6.45) is 5.53. The zero-order chi connectivity index (χ0) is 11.3. The molecule has 0 radical (unpaired) electrons. The van der Waals surface area contributed by atoms with Crippen LogP contribution in [0.25, 0.3) is 5.70 Å². The Balaban J connectivity index is 2.94. The molecule has 1 heterocycles. The number of rotatable bonds is 3. The van der Waals surface area contributed by atoms with E-state index < -0.39 is 0 Å². The van der Waals surface area contributed by atoms with Gasteiger partial charge >= 0.3 is 0 Å². The van der Waals surface area contributed by atoms with Gasteiger partial charge in [-0.05, 0) is 38.0 Å². The highest BCUT2D eigenvalue weighted by atomic mass is 14.8. The molecule has 0 spiro atoms. The molecule has 1 aromatic rings. The van der Waals surface area contributed by atoms with E-state index in [1.807, 2.05) is 45.2 Å². The monoisotopic (exact) mass is 200 g/mol. The molecule has 2 heteroatoms. The molecule has 0 aliphatic carbocycles. The van der Waals surface area contributed by atoms with Crippen molar-refractivity contribution in [3.63, 3.8) is 0 Å². The molecule has 1 aromatic heterocycles. The second kappa shape index (κ2) is 5.25. The Morgan fingerprint density at radius 1 is 1.47 bits per heavy atom. The summed E-state index contributed by atoms with van der Waals surface area (Å²) in [7, 11) is 0. The lowest BCUT2D eigenvalue weighted by molar-refractivity contribution is 1.21. The first-order valence-electron chi connectivity index (χ1n) is 4.92. The van der Waals surface area contributed by atoms with Crippen molar-refractivity contribution in [2.45, 2.75) is 20.8 Å². The Morgan fingerprint density at radius 2 is 2.20 bits per heavy atom. The minimum Gasteiger partial charge on any atom is -0.255 e. The molecule has 0 N–H and O–H groups in total. The van der Waals surface area contributed by atoms with Crippen molar-refractivity contribution in [1.29, 1.82) is 0 Å². The minimum atomic E-state index is 0.873. The van der Waals surface area contributed by atoms with Crippen LogP contribution in [0.2, 0.25) is 0 Å². The normalized spacial score (nSPS) is 12.1. The van der Waals surface area contributed by atoms with Crippen molar-refractivity contribution < 1.29 is 0 Å². The lowest BCUT2D eigenvalue weighted by Crippen LogP contribution is -1.88. The van der Waals surface area contributed by atoms with Crippen molar-refractivity contribution in [2.75, 3.05) is 0 Å². The summed E-state index contributed by atoms with van der Waals surface area (Å²) in [4.78, 5) is 8.63. The predicted octanol–water partition coefficient (Wildman–Crippen LogP) is 3.40. The summed E-state index contributed by atoms with van der Waals surface area (Å²) in [5.41, 5.74) is 3.85. The Labute approximate surface area is 91.1 Å². The van der Waals surface area contributed by atoms with E-state index in [1.165, 1.54) is 0 Å². The Hall–Kier alpha value is -1.70. The number of nitrogens with zero attached hydrogens (tertiary/aromatic N) is 2. The van der Waals surface area contributed by atoms with E-state index in [9.17, 15) is 0 Å². The molecule has 0 fully saturated rings. The fourth-order valence-electron chi connectivity index (χ4n) is 1.09. The van der Waals surface area contributed by atoms with Gasteiger partial charge in [0.15, 0.2) is 0 Å². The molecule has 0 saturated carbocycles. The molecule has 0 unspecified atom stereocenters. The zero-order valence-corrected chi connectivity index (χ0v) is 9.49. The van der Waals surface area contributed by atoms with Gasteiger partial charge in [0.05, 0.1) is 11.4 Å². The molecule has 0 aliphatic heterocycles. The molecule has 2 nitrogen and oxygen atoms in total. The summed E-state index contributed by atoms with van der Waals surface area (Å²) >= 11 is 0.